The molecule has 1 aliphatic rings. The fourth-order valence-electron chi connectivity index (χ4n) is 1.13. The lowest BCUT2D eigenvalue weighted by Gasteiger charge is -2.02. The van der Waals surface area contributed by atoms with Crippen LogP contribution in [-0.2, 0) is 11.3 Å². The van der Waals surface area contributed by atoms with E-state index in [-0.39, 0.29) is 0 Å². The Bertz CT molecular complexity index is 268. The number of hydrogen-bond acceptors (Lipinski definition) is 2. The molecule has 0 amide bonds. The van der Waals surface area contributed by atoms with Gasteiger partial charge >= 0.3 is 0 Å². The first-order valence-corrected chi connectivity index (χ1v) is 4.30. The van der Waals surface area contributed by atoms with Crippen molar-refractivity contribution < 1.29 is 4.74 Å². The number of anilines is 1. The van der Waals surface area contributed by atoms with Crippen molar-refractivity contribution in [1.29, 1.82) is 0 Å². The average Bonchev–Trinajstić information content (AvgIpc) is 2.84. The maximum absolute atomic E-state index is 5.63. The second kappa shape index (κ2) is 3.15. The summed E-state index contributed by atoms with van der Waals surface area (Å²) >= 11 is 0. The molecule has 2 nitrogen and oxygen atoms in total. The van der Waals surface area contributed by atoms with Crippen molar-refractivity contribution in [3.05, 3.63) is 29.8 Å². The van der Waals surface area contributed by atoms with E-state index in [0.29, 0.717) is 12.7 Å². The summed E-state index contributed by atoms with van der Waals surface area (Å²) in [5.41, 5.74) is 7.61. The van der Waals surface area contributed by atoms with Crippen molar-refractivity contribution >= 4 is 5.69 Å². The Balaban J connectivity index is 1.92. The highest BCUT2D eigenvalue weighted by atomic mass is 16.5. The number of nitrogens with two attached hydrogens (primary N) is 1. The second-order valence-corrected chi connectivity index (χ2v) is 3.26. The maximum atomic E-state index is 5.63. The van der Waals surface area contributed by atoms with Crippen LogP contribution in [0.3, 0.4) is 0 Å². The normalized spacial score (nSPS) is 16.3. The third kappa shape index (κ3) is 1.98. The standard InChI is InChI=1S/C10H13NO/c11-9-3-1-2-8(6-9)7-12-10-4-5-10/h1-3,6,10H,4-5,7,11H2. The van der Waals surface area contributed by atoms with Crippen LogP contribution in [0.15, 0.2) is 24.3 Å². The zero-order valence-corrected chi connectivity index (χ0v) is 6.99. The molecule has 1 aliphatic carbocycles. The van der Waals surface area contributed by atoms with Crippen LogP contribution in [0.4, 0.5) is 5.69 Å². The molecule has 1 fully saturated rings. The molecular formula is C10H13NO. The molecule has 0 radical (unpaired) electrons. The Hall–Kier alpha value is -1.02. The van der Waals surface area contributed by atoms with Crippen LogP contribution in [0.5, 0.6) is 0 Å². The Morgan fingerprint density at radius 1 is 1.42 bits per heavy atom. The molecule has 2 N–H and O–H groups in total. The van der Waals surface area contributed by atoms with Gasteiger partial charge in [0.2, 0.25) is 0 Å². The van der Waals surface area contributed by atoms with Gasteiger partial charge in [-0.1, -0.05) is 12.1 Å². The first-order valence-electron chi connectivity index (χ1n) is 4.30. The van der Waals surface area contributed by atoms with E-state index in [1.165, 1.54) is 18.4 Å². The summed E-state index contributed by atoms with van der Waals surface area (Å²) < 4.78 is 5.54. The summed E-state index contributed by atoms with van der Waals surface area (Å²) in [6, 6.07) is 7.85. The third-order valence-corrected chi connectivity index (χ3v) is 1.96. The minimum atomic E-state index is 0.520. The number of nitrogen functional groups attached to an aromatic ring is 1. The Morgan fingerprint density at radius 2 is 2.25 bits per heavy atom. The van der Waals surface area contributed by atoms with Crippen LogP contribution < -0.4 is 5.73 Å². The maximum Gasteiger partial charge on any atom is 0.0721 e. The van der Waals surface area contributed by atoms with E-state index in [4.69, 9.17) is 10.5 Å². The Morgan fingerprint density at radius 3 is 2.92 bits per heavy atom. The molecule has 0 aliphatic heterocycles. The topological polar surface area (TPSA) is 35.2 Å². The minimum Gasteiger partial charge on any atom is -0.399 e. The number of benzene rings is 1. The first kappa shape index (κ1) is 7.62. The number of ether oxygens (including phenoxy) is 1. The SMILES string of the molecule is Nc1cccc(COC2CC2)c1. The lowest BCUT2D eigenvalue weighted by Crippen LogP contribution is -1.95. The van der Waals surface area contributed by atoms with E-state index in [0.717, 1.165) is 5.69 Å². The van der Waals surface area contributed by atoms with Gasteiger partial charge in [0, 0.05) is 5.69 Å². The molecule has 12 heavy (non-hydrogen) atoms. The molecule has 64 valence electrons. The van der Waals surface area contributed by atoms with Crippen LogP contribution in [-0.4, -0.2) is 6.10 Å². The van der Waals surface area contributed by atoms with Crippen LogP contribution in [0.25, 0.3) is 0 Å². The first-order chi connectivity index (χ1) is 5.84. The van der Waals surface area contributed by atoms with Gasteiger partial charge in [-0.25, -0.2) is 0 Å². The van der Waals surface area contributed by atoms with E-state index in [9.17, 15) is 0 Å². The molecule has 1 aromatic rings. The molecule has 1 aromatic carbocycles. The number of rotatable bonds is 3. The Kier molecular flexibility index (Phi) is 2.00. The smallest absolute Gasteiger partial charge is 0.0721 e. The molecule has 0 saturated heterocycles. The van der Waals surface area contributed by atoms with Gasteiger partial charge in [0.25, 0.3) is 0 Å². The summed E-state index contributed by atoms with van der Waals surface area (Å²) in [5.74, 6) is 0. The van der Waals surface area contributed by atoms with Gasteiger partial charge in [-0.2, -0.15) is 0 Å². The van der Waals surface area contributed by atoms with Gasteiger partial charge < -0.3 is 10.5 Å². The van der Waals surface area contributed by atoms with Crippen molar-refractivity contribution in [2.75, 3.05) is 5.73 Å². The quantitative estimate of drug-likeness (QED) is 0.691. The van der Waals surface area contributed by atoms with Crippen molar-refractivity contribution in [2.45, 2.75) is 25.6 Å². The van der Waals surface area contributed by atoms with Gasteiger partial charge in [-0.3, -0.25) is 0 Å². The van der Waals surface area contributed by atoms with E-state index in [2.05, 4.69) is 0 Å². The van der Waals surface area contributed by atoms with Crippen LogP contribution in [0, 0.1) is 0 Å². The highest BCUT2D eigenvalue weighted by Gasteiger charge is 2.21. The predicted octanol–water partition coefficient (Wildman–Crippen LogP) is 1.95. The molecule has 0 spiro atoms. The molecular weight excluding hydrogens is 150 g/mol. The summed E-state index contributed by atoms with van der Waals surface area (Å²) in [4.78, 5) is 0. The lowest BCUT2D eigenvalue weighted by atomic mass is 10.2. The zero-order chi connectivity index (χ0) is 8.39. The monoisotopic (exact) mass is 163 g/mol. The highest BCUT2D eigenvalue weighted by molar-refractivity contribution is 5.40. The highest BCUT2D eigenvalue weighted by Crippen LogP contribution is 2.24. The van der Waals surface area contributed by atoms with Crippen molar-refractivity contribution in [3.8, 4) is 0 Å². The molecule has 0 unspecified atom stereocenters. The predicted molar refractivity (Wildman–Crippen MR) is 48.7 cm³/mol. The molecule has 0 atom stereocenters. The van der Waals surface area contributed by atoms with Crippen LogP contribution in [0.2, 0.25) is 0 Å². The minimum absolute atomic E-state index is 0.520. The van der Waals surface area contributed by atoms with E-state index in [1.54, 1.807) is 0 Å². The molecule has 0 bridgehead atoms. The van der Waals surface area contributed by atoms with Crippen molar-refractivity contribution in [2.24, 2.45) is 0 Å². The zero-order valence-electron chi connectivity index (χ0n) is 6.99. The third-order valence-electron chi connectivity index (χ3n) is 1.96. The van der Waals surface area contributed by atoms with E-state index < -0.39 is 0 Å². The summed E-state index contributed by atoms with van der Waals surface area (Å²) in [6.07, 6.45) is 2.97. The summed E-state index contributed by atoms with van der Waals surface area (Å²) in [7, 11) is 0. The molecule has 0 heterocycles. The Labute approximate surface area is 72.3 Å². The van der Waals surface area contributed by atoms with Gasteiger partial charge in [0.1, 0.15) is 0 Å². The van der Waals surface area contributed by atoms with Crippen molar-refractivity contribution in [1.82, 2.24) is 0 Å². The van der Waals surface area contributed by atoms with Gasteiger partial charge in [0.15, 0.2) is 0 Å². The summed E-state index contributed by atoms with van der Waals surface area (Å²) in [6.45, 7) is 0.704. The van der Waals surface area contributed by atoms with Crippen molar-refractivity contribution in [3.63, 3.8) is 0 Å². The number of hydrogen-bond donors (Lipinski definition) is 1. The molecule has 1 saturated carbocycles. The van der Waals surface area contributed by atoms with Crippen LogP contribution in [0.1, 0.15) is 18.4 Å². The summed E-state index contributed by atoms with van der Waals surface area (Å²) in [5, 5.41) is 0. The largest absolute Gasteiger partial charge is 0.399 e. The molecule has 0 aromatic heterocycles. The fraction of sp³-hybridized carbons (Fsp3) is 0.400. The molecule has 2 heteroatoms. The molecule has 2 rings (SSSR count). The van der Waals surface area contributed by atoms with Gasteiger partial charge in [-0.15, -0.1) is 0 Å². The average molecular weight is 163 g/mol. The second-order valence-electron chi connectivity index (χ2n) is 3.26. The van der Waals surface area contributed by atoms with E-state index >= 15 is 0 Å². The fourth-order valence-corrected chi connectivity index (χ4v) is 1.13. The van der Waals surface area contributed by atoms with Gasteiger partial charge in [-0.05, 0) is 30.5 Å². The van der Waals surface area contributed by atoms with Gasteiger partial charge in [0.05, 0.1) is 12.7 Å². The van der Waals surface area contributed by atoms with Crippen LogP contribution >= 0.6 is 0 Å². The van der Waals surface area contributed by atoms with E-state index in [1.807, 2.05) is 24.3 Å². The lowest BCUT2D eigenvalue weighted by molar-refractivity contribution is 0.106.